The van der Waals surface area contributed by atoms with Crippen LogP contribution in [0.25, 0.3) is 10.8 Å². The molecule has 1 aromatic heterocycles. The summed E-state index contributed by atoms with van der Waals surface area (Å²) >= 11 is 0. The highest BCUT2D eigenvalue weighted by Gasteiger charge is 2.28. The van der Waals surface area contributed by atoms with E-state index in [-0.39, 0.29) is 23.9 Å². The van der Waals surface area contributed by atoms with Crippen molar-refractivity contribution in [3.05, 3.63) is 70.1 Å². The zero-order chi connectivity index (χ0) is 21.8. The maximum Gasteiger partial charge on any atom is 0.274 e. The number of carbonyl (C=O) groups is 1. The molecule has 1 fully saturated rings. The Hall–Kier alpha value is -3.19. The quantitative estimate of drug-likeness (QED) is 0.597. The van der Waals surface area contributed by atoms with Crippen molar-refractivity contribution in [1.29, 1.82) is 0 Å². The second-order valence-corrected chi connectivity index (χ2v) is 8.09. The van der Waals surface area contributed by atoms with Gasteiger partial charge in [-0.3, -0.25) is 9.59 Å². The second-order valence-electron chi connectivity index (χ2n) is 8.09. The molecule has 31 heavy (non-hydrogen) atoms. The summed E-state index contributed by atoms with van der Waals surface area (Å²) in [7, 11) is 3.28. The Labute approximate surface area is 181 Å². The maximum absolute atomic E-state index is 12.8. The molecule has 0 saturated carbocycles. The lowest BCUT2D eigenvalue weighted by Crippen LogP contribution is -3.11. The molecule has 1 aliphatic rings. The van der Waals surface area contributed by atoms with E-state index >= 15 is 0 Å². The first kappa shape index (κ1) is 21.1. The molecule has 4 rings (SSSR count). The number of benzene rings is 2. The molecule has 2 aromatic carbocycles. The van der Waals surface area contributed by atoms with Crippen LogP contribution in [0, 0.1) is 0 Å². The fourth-order valence-electron chi connectivity index (χ4n) is 4.45. The average Bonchev–Trinajstić information content (AvgIpc) is 3.32. The Morgan fingerprint density at radius 3 is 2.48 bits per heavy atom. The largest absolute Gasteiger partial charge is 0.497 e. The standard InChI is InChI=1S/C24H28N4O3/c1-27-24(30)20-8-4-3-7-19(20)21(26-27)15-23(29)25-16-22(28-13-5-6-14-28)17-9-11-18(31-2)12-10-17/h3-4,7-12,22H,5-6,13-16H2,1-2H3,(H,25,29)/p+1/t22-/m0/s1. The zero-order valence-corrected chi connectivity index (χ0v) is 18.1. The molecular weight excluding hydrogens is 392 g/mol. The molecule has 0 bridgehead atoms. The van der Waals surface area contributed by atoms with Crippen LogP contribution in [-0.4, -0.2) is 42.4 Å². The molecule has 2 heterocycles. The van der Waals surface area contributed by atoms with Crippen LogP contribution in [0.4, 0.5) is 0 Å². The summed E-state index contributed by atoms with van der Waals surface area (Å²) in [5.41, 5.74) is 1.66. The van der Waals surface area contributed by atoms with Crippen molar-refractivity contribution in [2.24, 2.45) is 7.05 Å². The third-order valence-corrected chi connectivity index (χ3v) is 6.12. The number of carbonyl (C=O) groups excluding carboxylic acids is 1. The number of quaternary nitrogens is 1. The van der Waals surface area contributed by atoms with Gasteiger partial charge in [-0.25, -0.2) is 4.68 Å². The van der Waals surface area contributed by atoms with E-state index in [9.17, 15) is 9.59 Å². The molecule has 1 amide bonds. The van der Waals surface area contributed by atoms with Gasteiger partial charge in [0.15, 0.2) is 0 Å². The number of aromatic nitrogens is 2. The molecule has 0 aliphatic carbocycles. The highest BCUT2D eigenvalue weighted by Crippen LogP contribution is 2.17. The van der Waals surface area contributed by atoms with Gasteiger partial charge in [0.25, 0.3) is 5.56 Å². The SMILES string of the molecule is COc1ccc([C@H](CNC(=O)Cc2nn(C)c(=O)c3ccccc23)[NH+]2CCCC2)cc1. The number of nitrogens with zero attached hydrogens (tertiary/aromatic N) is 2. The Kier molecular flexibility index (Phi) is 6.32. The highest BCUT2D eigenvalue weighted by molar-refractivity contribution is 5.88. The van der Waals surface area contributed by atoms with Crippen molar-refractivity contribution in [3.8, 4) is 5.75 Å². The zero-order valence-electron chi connectivity index (χ0n) is 18.1. The number of nitrogens with one attached hydrogen (secondary N) is 2. The van der Waals surface area contributed by atoms with E-state index in [0.717, 1.165) is 24.2 Å². The van der Waals surface area contributed by atoms with Gasteiger partial charge in [-0.2, -0.15) is 5.10 Å². The van der Waals surface area contributed by atoms with E-state index in [1.807, 2.05) is 30.3 Å². The van der Waals surface area contributed by atoms with E-state index in [4.69, 9.17) is 4.74 Å². The molecule has 0 radical (unpaired) electrons. The van der Waals surface area contributed by atoms with Crippen LogP contribution < -0.4 is 20.5 Å². The summed E-state index contributed by atoms with van der Waals surface area (Å²) in [6, 6.07) is 15.6. The predicted molar refractivity (Wildman–Crippen MR) is 119 cm³/mol. The predicted octanol–water partition coefficient (Wildman–Crippen LogP) is 1.02. The van der Waals surface area contributed by atoms with Gasteiger partial charge in [0.1, 0.15) is 11.8 Å². The third-order valence-electron chi connectivity index (χ3n) is 6.12. The van der Waals surface area contributed by atoms with Crippen molar-refractivity contribution in [2.75, 3.05) is 26.7 Å². The summed E-state index contributed by atoms with van der Waals surface area (Å²) in [6.07, 6.45) is 2.56. The lowest BCUT2D eigenvalue weighted by molar-refractivity contribution is -0.918. The number of rotatable bonds is 7. The van der Waals surface area contributed by atoms with Gasteiger partial charge in [0, 0.05) is 30.8 Å². The minimum Gasteiger partial charge on any atom is -0.497 e. The number of aryl methyl sites for hydroxylation is 1. The van der Waals surface area contributed by atoms with E-state index in [0.29, 0.717) is 17.6 Å². The summed E-state index contributed by atoms with van der Waals surface area (Å²) in [6.45, 7) is 2.78. The van der Waals surface area contributed by atoms with E-state index in [1.165, 1.54) is 28.0 Å². The van der Waals surface area contributed by atoms with Crippen LogP contribution >= 0.6 is 0 Å². The minimum absolute atomic E-state index is 0.0894. The second kappa shape index (κ2) is 9.31. The highest BCUT2D eigenvalue weighted by atomic mass is 16.5. The normalized spacial score (nSPS) is 15.2. The van der Waals surface area contributed by atoms with Crippen molar-refractivity contribution >= 4 is 16.7 Å². The molecule has 1 aliphatic heterocycles. The summed E-state index contributed by atoms with van der Waals surface area (Å²) in [5, 5.41) is 8.78. The van der Waals surface area contributed by atoms with Gasteiger partial charge in [0.2, 0.25) is 5.91 Å². The van der Waals surface area contributed by atoms with Crippen molar-refractivity contribution < 1.29 is 14.4 Å². The van der Waals surface area contributed by atoms with Crippen molar-refractivity contribution in [1.82, 2.24) is 15.1 Å². The number of hydrogen-bond acceptors (Lipinski definition) is 4. The Morgan fingerprint density at radius 1 is 1.13 bits per heavy atom. The smallest absolute Gasteiger partial charge is 0.274 e. The third kappa shape index (κ3) is 4.61. The minimum atomic E-state index is -0.156. The monoisotopic (exact) mass is 421 g/mol. The van der Waals surface area contributed by atoms with Gasteiger partial charge >= 0.3 is 0 Å². The Balaban J connectivity index is 1.50. The van der Waals surface area contributed by atoms with Crippen LogP contribution in [0.15, 0.2) is 53.3 Å². The van der Waals surface area contributed by atoms with Crippen molar-refractivity contribution in [3.63, 3.8) is 0 Å². The van der Waals surface area contributed by atoms with Crippen LogP contribution in [0.3, 0.4) is 0 Å². The fraction of sp³-hybridized carbons (Fsp3) is 0.375. The number of fused-ring (bicyclic) bond motifs is 1. The lowest BCUT2D eigenvalue weighted by atomic mass is 10.0. The first-order chi connectivity index (χ1) is 15.1. The Morgan fingerprint density at radius 2 is 1.81 bits per heavy atom. The van der Waals surface area contributed by atoms with Gasteiger partial charge in [-0.05, 0) is 30.3 Å². The topological polar surface area (TPSA) is 77.7 Å². The fourth-order valence-corrected chi connectivity index (χ4v) is 4.45. The van der Waals surface area contributed by atoms with E-state index < -0.39 is 0 Å². The first-order valence-corrected chi connectivity index (χ1v) is 10.8. The molecule has 7 nitrogen and oxygen atoms in total. The van der Waals surface area contributed by atoms with Crippen LogP contribution in [0.2, 0.25) is 0 Å². The number of methoxy groups -OCH3 is 1. The number of hydrogen-bond donors (Lipinski definition) is 2. The molecule has 1 saturated heterocycles. The van der Waals surface area contributed by atoms with Crippen LogP contribution in [0.5, 0.6) is 5.75 Å². The molecular formula is C24H29N4O3+. The number of amides is 1. The Bertz CT molecular complexity index is 1120. The first-order valence-electron chi connectivity index (χ1n) is 10.8. The van der Waals surface area contributed by atoms with Crippen LogP contribution in [0.1, 0.15) is 30.1 Å². The molecule has 162 valence electrons. The molecule has 1 atom stereocenters. The molecule has 0 spiro atoms. The van der Waals surface area contributed by atoms with Gasteiger partial charge in [-0.15, -0.1) is 0 Å². The maximum atomic E-state index is 12.8. The average molecular weight is 422 g/mol. The summed E-state index contributed by atoms with van der Waals surface area (Å²) < 4.78 is 6.59. The van der Waals surface area contributed by atoms with Gasteiger partial charge in [-0.1, -0.05) is 18.2 Å². The summed E-state index contributed by atoms with van der Waals surface area (Å²) in [4.78, 5) is 26.7. The van der Waals surface area contributed by atoms with Gasteiger partial charge in [0.05, 0.1) is 44.2 Å². The van der Waals surface area contributed by atoms with E-state index in [2.05, 4.69) is 22.5 Å². The molecule has 7 heteroatoms. The molecule has 0 unspecified atom stereocenters. The van der Waals surface area contributed by atoms with Gasteiger partial charge < -0.3 is 15.0 Å². The molecule has 3 aromatic rings. The number of ether oxygens (including phenoxy) is 1. The van der Waals surface area contributed by atoms with Crippen LogP contribution in [-0.2, 0) is 18.3 Å². The lowest BCUT2D eigenvalue weighted by Gasteiger charge is -2.25. The number of likely N-dealkylation sites (tertiary alicyclic amines) is 1. The van der Waals surface area contributed by atoms with Crippen molar-refractivity contribution in [2.45, 2.75) is 25.3 Å². The molecule has 2 N–H and O–H groups in total. The summed E-state index contributed by atoms with van der Waals surface area (Å²) in [5.74, 6) is 0.740. The van der Waals surface area contributed by atoms with E-state index in [1.54, 1.807) is 20.2 Å².